The summed E-state index contributed by atoms with van der Waals surface area (Å²) in [5.74, 6) is 0. The fourth-order valence-electron chi connectivity index (χ4n) is 7.37. The molecule has 504 valence electrons. The second kappa shape index (κ2) is 89.0. The van der Waals surface area contributed by atoms with Gasteiger partial charge in [-0.3, -0.25) is 0 Å². The molecular weight excluding hydrogens is 1340 g/mol. The molecule has 90 heavy (non-hydrogen) atoms. The molecule has 18 nitrogen and oxygen atoms in total. The molecule has 0 bridgehead atoms. The van der Waals surface area contributed by atoms with Crippen molar-refractivity contribution in [2.24, 2.45) is 0 Å². The predicted octanol–water partition coefficient (Wildman–Crippen LogP) is -1.20. The van der Waals surface area contributed by atoms with Gasteiger partial charge in [0.25, 0.3) is 0 Å². The van der Waals surface area contributed by atoms with Crippen molar-refractivity contribution in [3.63, 3.8) is 0 Å². The van der Waals surface area contributed by atoms with Crippen LogP contribution in [0.3, 0.4) is 0 Å². The molecule has 0 aromatic rings. The Morgan fingerprint density at radius 1 is 0.178 bits per heavy atom. The summed E-state index contributed by atoms with van der Waals surface area (Å²) < 4.78 is 183. The van der Waals surface area contributed by atoms with Crippen LogP contribution >= 0.6 is 0 Å². The molecule has 0 aliphatic heterocycles. The summed E-state index contributed by atoms with van der Waals surface area (Å²) in [6.07, 6.45) is 55.0. The number of rotatable bonds is 48. The second-order valence-corrected chi connectivity index (χ2v) is 28.1. The molecule has 0 aromatic carbocycles. The molecule has 0 heterocycles. The van der Waals surface area contributed by atoms with E-state index in [2.05, 4.69) is 41.5 Å². The van der Waals surface area contributed by atoms with Crippen LogP contribution in [0, 0.1) is 0 Å². The van der Waals surface area contributed by atoms with Gasteiger partial charge in [0.2, 0.25) is 0 Å². The summed E-state index contributed by atoms with van der Waals surface area (Å²) in [6.45, 7) is 13.0. The van der Waals surface area contributed by atoms with Crippen molar-refractivity contribution in [3.8, 4) is 0 Å². The molecule has 0 atom stereocenters. The van der Waals surface area contributed by atoms with Gasteiger partial charge in [-0.1, -0.05) is 271 Å². The second-order valence-electron chi connectivity index (χ2n) is 20.5. The van der Waals surface area contributed by atoms with E-state index in [0.717, 1.165) is 109 Å². The monoisotopic (exact) mass is 1450 g/mol. The van der Waals surface area contributed by atoms with E-state index in [0.29, 0.717) is 38.5 Å². The number of hydrogen-bond donors (Lipinski definition) is 0. The summed E-state index contributed by atoms with van der Waals surface area (Å²) in [7, 11) is -24.9. The van der Waals surface area contributed by atoms with Gasteiger partial charge in [-0.05, 0) is 77.0 Å². The molecule has 0 rings (SSSR count). The van der Waals surface area contributed by atoms with Gasteiger partial charge in [0, 0.05) is 32.4 Å². The van der Waals surface area contributed by atoms with Crippen LogP contribution in [0.2, 0.25) is 0 Å². The van der Waals surface area contributed by atoms with E-state index in [1.165, 1.54) is 191 Å². The molecule has 0 unspecified atom stereocenters. The van der Waals surface area contributed by atoms with Gasteiger partial charge < -0.3 is 27.3 Å². The fourth-order valence-corrected chi connectivity index (χ4v) is 9.60. The zero-order valence-corrected chi connectivity index (χ0v) is 75.3. The largest absolute Gasteiger partial charge is 1.00 e. The summed E-state index contributed by atoms with van der Waals surface area (Å²) >= 11 is 0. The maximum Gasteiger partial charge on any atom is 1.00 e. The minimum Gasteiger partial charge on any atom is -0.744 e. The SMILES string of the molecule is CCCCCCCC/C=C/S(=O)(=O)[O-].CCCCCCCC/C=C/S(=O)(=O)[O-].CCCCCCCC/C=C/S(=O)(=O)[O-].CCCCCCCC/C=C/S(=O)(=O)[O-].CCCCCCCC/C=C/S(=O)(=O)[O-].CCCCCCCC/C=C/S(=O)(=O)[O-].[Na+].[Na+].[Na+].[Na+].[Na+].[Na+]. The number of hydrogen-bond acceptors (Lipinski definition) is 18. The van der Waals surface area contributed by atoms with Gasteiger partial charge in [0.15, 0.2) is 0 Å². The van der Waals surface area contributed by atoms with Crippen molar-refractivity contribution in [2.45, 2.75) is 311 Å². The molecule has 0 spiro atoms. The van der Waals surface area contributed by atoms with Crippen LogP contribution in [-0.2, 0) is 60.7 Å². The van der Waals surface area contributed by atoms with E-state index in [9.17, 15) is 77.8 Å². The molecule has 0 amide bonds. The van der Waals surface area contributed by atoms with Crippen LogP contribution in [0.1, 0.15) is 311 Å². The van der Waals surface area contributed by atoms with Crippen LogP contribution in [0.15, 0.2) is 68.9 Å². The summed E-state index contributed by atoms with van der Waals surface area (Å²) in [6, 6.07) is 0. The minimum atomic E-state index is -4.16. The topological polar surface area (TPSA) is 343 Å². The Hall–Kier alpha value is 3.90. The normalized spacial score (nSPS) is 11.6. The first kappa shape index (κ1) is 121. The molecule has 0 saturated carbocycles. The summed E-state index contributed by atoms with van der Waals surface area (Å²) in [4.78, 5) is 0. The summed E-state index contributed by atoms with van der Waals surface area (Å²) in [5, 5.41) is 4.49. The van der Waals surface area contributed by atoms with Crippen molar-refractivity contribution in [1.82, 2.24) is 0 Å². The van der Waals surface area contributed by atoms with Crippen molar-refractivity contribution in [2.75, 3.05) is 0 Å². The number of unbranched alkanes of at least 4 members (excludes halogenated alkanes) is 36. The molecule has 0 N–H and O–H groups in total. The smallest absolute Gasteiger partial charge is 0.744 e. The van der Waals surface area contributed by atoms with Crippen LogP contribution in [0.4, 0.5) is 0 Å². The molecule has 0 radical (unpaired) electrons. The first-order valence-corrected chi connectivity index (χ1v) is 39.9. The molecule has 30 heteroatoms. The zero-order chi connectivity index (χ0) is 65.2. The van der Waals surface area contributed by atoms with Gasteiger partial charge in [0.05, 0.1) is 0 Å². The van der Waals surface area contributed by atoms with Crippen LogP contribution in [0.5, 0.6) is 0 Å². The maximum atomic E-state index is 10.2. The minimum absolute atomic E-state index is 0. The third-order valence-corrected chi connectivity index (χ3v) is 15.1. The Labute approximate surface area is 685 Å². The Morgan fingerprint density at radius 2 is 0.267 bits per heavy atom. The first-order chi connectivity index (χ1) is 39.4. The molecule has 0 aromatic heterocycles. The van der Waals surface area contributed by atoms with Crippen molar-refractivity contribution >= 4 is 60.7 Å². The molecule has 0 aliphatic rings. The number of allylic oxidation sites excluding steroid dienone is 6. The van der Waals surface area contributed by atoms with Crippen molar-refractivity contribution < 1.29 is 255 Å². The van der Waals surface area contributed by atoms with Crippen LogP contribution in [0.25, 0.3) is 0 Å². The van der Waals surface area contributed by atoms with E-state index in [1.54, 1.807) is 0 Å². The van der Waals surface area contributed by atoms with E-state index < -0.39 is 60.7 Å². The Kier molecular flexibility index (Phi) is 119. The van der Waals surface area contributed by atoms with E-state index in [4.69, 9.17) is 0 Å². The third kappa shape index (κ3) is 155. The van der Waals surface area contributed by atoms with Crippen LogP contribution in [-0.4, -0.2) is 77.8 Å². The zero-order valence-electron chi connectivity index (χ0n) is 58.4. The predicted molar refractivity (Wildman–Crippen MR) is 341 cm³/mol. The van der Waals surface area contributed by atoms with Gasteiger partial charge in [0.1, 0.15) is 60.7 Å². The molecule has 0 saturated heterocycles. The van der Waals surface area contributed by atoms with Gasteiger partial charge in [-0.15, -0.1) is 0 Å². The fraction of sp³-hybridized carbons (Fsp3) is 0.800. The standard InChI is InChI=1S/6C10H20O3S.6Na/c6*1-2-3-4-5-6-7-8-9-10-14(11,12)13;;;;;;/h6*9-10H,2-8H2,1H3,(H,11,12,13);;;;;;/q;;;;;;6*+1/p-6/b6*10-9+;;;;;;. The van der Waals surface area contributed by atoms with Crippen molar-refractivity contribution in [1.29, 1.82) is 0 Å². The molecular formula is C60H114Na6O18S6. The molecule has 0 aliphatic carbocycles. The van der Waals surface area contributed by atoms with Gasteiger partial charge >= 0.3 is 177 Å². The average molecular weight is 1450 g/mol. The van der Waals surface area contributed by atoms with E-state index in [1.807, 2.05) is 0 Å². The quantitative estimate of drug-likeness (QED) is 0.0392. The van der Waals surface area contributed by atoms with E-state index in [-0.39, 0.29) is 177 Å². The molecule has 0 fully saturated rings. The third-order valence-electron chi connectivity index (χ3n) is 11.9. The Morgan fingerprint density at radius 3 is 0.356 bits per heavy atom. The summed E-state index contributed by atoms with van der Waals surface area (Å²) in [5.41, 5.74) is 0. The van der Waals surface area contributed by atoms with Crippen LogP contribution < -0.4 is 177 Å². The average Bonchev–Trinajstić information content (AvgIpc) is 3.38. The Balaban J connectivity index is -0.0000000801. The maximum absolute atomic E-state index is 10.2. The van der Waals surface area contributed by atoms with Crippen molar-refractivity contribution in [3.05, 3.63) is 68.9 Å². The van der Waals surface area contributed by atoms with E-state index >= 15 is 0 Å². The first-order valence-electron chi connectivity index (χ1n) is 31.1. The van der Waals surface area contributed by atoms with Gasteiger partial charge in [-0.2, -0.15) is 0 Å². The van der Waals surface area contributed by atoms with Gasteiger partial charge in [-0.25, -0.2) is 50.5 Å². The Bertz CT molecular complexity index is 1900.